The second kappa shape index (κ2) is 6.89. The highest BCUT2D eigenvalue weighted by molar-refractivity contribution is 9.10. The molecule has 0 fully saturated rings. The number of carbonyl (C=O) groups is 1. The van der Waals surface area contributed by atoms with Gasteiger partial charge < -0.3 is 9.72 Å². The molecule has 0 radical (unpaired) electrons. The summed E-state index contributed by atoms with van der Waals surface area (Å²) in [6, 6.07) is 16.2. The average Bonchev–Trinajstić information content (AvgIpc) is 2.98. The highest BCUT2D eigenvalue weighted by Crippen LogP contribution is 2.34. The minimum absolute atomic E-state index is 0.315. The van der Waals surface area contributed by atoms with Crippen molar-refractivity contribution in [2.45, 2.75) is 13.3 Å². The molecule has 0 saturated carbocycles. The van der Waals surface area contributed by atoms with Gasteiger partial charge in [0.1, 0.15) is 5.75 Å². The number of carbonyl (C=O) groups excluding carboxylic acids is 1. The summed E-state index contributed by atoms with van der Waals surface area (Å²) in [6.45, 7) is 1.43. The summed E-state index contributed by atoms with van der Waals surface area (Å²) < 4.78 is 7.55. The molecule has 1 aromatic heterocycles. The van der Waals surface area contributed by atoms with E-state index in [1.54, 1.807) is 0 Å². The SMILES string of the molecule is CC(=O)Oc1ccc2cc(Br)ccc2c1Cc1c[nH]c2ccc(Br)cc12. The zero-order chi connectivity index (χ0) is 18.3. The van der Waals surface area contributed by atoms with Gasteiger partial charge >= 0.3 is 5.97 Å². The molecule has 0 aliphatic rings. The molecule has 0 bridgehead atoms. The van der Waals surface area contributed by atoms with E-state index in [4.69, 9.17) is 4.74 Å². The van der Waals surface area contributed by atoms with Crippen LogP contribution in [0.2, 0.25) is 0 Å². The van der Waals surface area contributed by atoms with Crippen LogP contribution in [0.1, 0.15) is 18.1 Å². The lowest BCUT2D eigenvalue weighted by Crippen LogP contribution is -2.05. The van der Waals surface area contributed by atoms with E-state index in [9.17, 15) is 4.79 Å². The van der Waals surface area contributed by atoms with E-state index in [1.165, 1.54) is 6.92 Å². The lowest BCUT2D eigenvalue weighted by atomic mass is 9.97. The van der Waals surface area contributed by atoms with Crippen molar-refractivity contribution in [3.05, 3.63) is 74.8 Å². The van der Waals surface area contributed by atoms with Crippen LogP contribution in [-0.2, 0) is 11.2 Å². The summed E-state index contributed by atoms with van der Waals surface area (Å²) in [5.41, 5.74) is 3.25. The number of rotatable bonds is 3. The maximum Gasteiger partial charge on any atom is 0.308 e. The number of nitrogens with one attached hydrogen (secondary N) is 1. The van der Waals surface area contributed by atoms with Crippen LogP contribution in [0.4, 0.5) is 0 Å². The van der Waals surface area contributed by atoms with Crippen LogP contribution in [-0.4, -0.2) is 11.0 Å². The number of aromatic nitrogens is 1. The van der Waals surface area contributed by atoms with Gasteiger partial charge in [0.15, 0.2) is 0 Å². The fraction of sp³-hybridized carbons (Fsp3) is 0.0952. The number of aromatic amines is 1. The molecule has 1 N–H and O–H groups in total. The van der Waals surface area contributed by atoms with Gasteiger partial charge in [-0.15, -0.1) is 0 Å². The van der Waals surface area contributed by atoms with Gasteiger partial charge in [0, 0.05) is 45.0 Å². The van der Waals surface area contributed by atoms with Crippen molar-refractivity contribution in [3.63, 3.8) is 0 Å². The number of esters is 1. The monoisotopic (exact) mass is 471 g/mol. The normalized spacial score (nSPS) is 11.2. The van der Waals surface area contributed by atoms with E-state index in [0.29, 0.717) is 12.2 Å². The molecule has 0 aliphatic carbocycles. The van der Waals surface area contributed by atoms with Gasteiger partial charge in [0.05, 0.1) is 0 Å². The van der Waals surface area contributed by atoms with E-state index in [0.717, 1.165) is 41.7 Å². The summed E-state index contributed by atoms with van der Waals surface area (Å²) in [5.74, 6) is 0.293. The molecule has 0 aliphatic heterocycles. The first-order valence-corrected chi connectivity index (χ1v) is 9.75. The highest BCUT2D eigenvalue weighted by Gasteiger charge is 2.14. The molecular formula is C21H15Br2NO2. The van der Waals surface area contributed by atoms with Gasteiger partial charge in [-0.05, 0) is 52.7 Å². The summed E-state index contributed by atoms with van der Waals surface area (Å²) in [4.78, 5) is 14.9. The molecule has 130 valence electrons. The van der Waals surface area contributed by atoms with Crippen molar-refractivity contribution in [3.8, 4) is 5.75 Å². The fourth-order valence-electron chi connectivity index (χ4n) is 3.27. The Labute approximate surface area is 167 Å². The van der Waals surface area contributed by atoms with Crippen molar-refractivity contribution in [2.24, 2.45) is 0 Å². The van der Waals surface area contributed by atoms with E-state index < -0.39 is 0 Å². The van der Waals surface area contributed by atoms with E-state index >= 15 is 0 Å². The molecule has 0 atom stereocenters. The van der Waals surface area contributed by atoms with Crippen LogP contribution in [0, 0.1) is 0 Å². The highest BCUT2D eigenvalue weighted by atomic mass is 79.9. The van der Waals surface area contributed by atoms with Crippen LogP contribution >= 0.6 is 31.9 Å². The summed E-state index contributed by atoms with van der Waals surface area (Å²) in [7, 11) is 0. The third-order valence-electron chi connectivity index (χ3n) is 4.40. The molecule has 5 heteroatoms. The van der Waals surface area contributed by atoms with Gasteiger partial charge in [-0.1, -0.05) is 44.0 Å². The Morgan fingerprint density at radius 3 is 2.58 bits per heavy atom. The number of hydrogen-bond donors (Lipinski definition) is 1. The second-order valence-corrected chi connectivity index (χ2v) is 8.01. The minimum atomic E-state index is -0.315. The van der Waals surface area contributed by atoms with Gasteiger partial charge in [-0.25, -0.2) is 0 Å². The maximum absolute atomic E-state index is 11.6. The molecule has 4 aromatic rings. The molecule has 0 saturated heterocycles. The fourth-order valence-corrected chi connectivity index (χ4v) is 4.01. The van der Waals surface area contributed by atoms with Crippen LogP contribution in [0.5, 0.6) is 5.75 Å². The van der Waals surface area contributed by atoms with Crippen LogP contribution < -0.4 is 4.74 Å². The second-order valence-electron chi connectivity index (χ2n) is 6.18. The Morgan fingerprint density at radius 1 is 1.00 bits per heavy atom. The van der Waals surface area contributed by atoms with Gasteiger partial charge in [-0.2, -0.15) is 0 Å². The maximum atomic E-state index is 11.6. The Bertz CT molecular complexity index is 1150. The number of hydrogen-bond acceptors (Lipinski definition) is 2. The zero-order valence-electron chi connectivity index (χ0n) is 14.0. The van der Waals surface area contributed by atoms with Crippen molar-refractivity contribution < 1.29 is 9.53 Å². The van der Waals surface area contributed by atoms with Crippen molar-refractivity contribution in [1.82, 2.24) is 4.98 Å². The standard InChI is InChI=1S/C21H15Br2NO2/c1-12(25)26-21-7-2-13-8-15(22)3-5-17(13)19(21)9-14-11-24-20-6-4-16(23)10-18(14)20/h2-8,10-11,24H,9H2,1H3. The number of fused-ring (bicyclic) bond motifs is 2. The molecular weight excluding hydrogens is 458 g/mol. The first-order valence-electron chi connectivity index (χ1n) is 8.16. The summed E-state index contributed by atoms with van der Waals surface area (Å²) >= 11 is 7.06. The lowest BCUT2D eigenvalue weighted by Gasteiger charge is -2.13. The predicted octanol–water partition coefficient (Wildman–Crippen LogP) is 6.36. The Balaban J connectivity index is 1.90. The van der Waals surface area contributed by atoms with Gasteiger partial charge in [-0.3, -0.25) is 4.79 Å². The lowest BCUT2D eigenvalue weighted by molar-refractivity contribution is -0.131. The number of ether oxygens (including phenoxy) is 1. The molecule has 0 spiro atoms. The van der Waals surface area contributed by atoms with Crippen LogP contribution in [0.25, 0.3) is 21.7 Å². The van der Waals surface area contributed by atoms with Gasteiger partial charge in [0.25, 0.3) is 0 Å². The Morgan fingerprint density at radius 2 is 1.77 bits per heavy atom. The molecule has 0 unspecified atom stereocenters. The first kappa shape index (κ1) is 17.3. The Hall–Kier alpha value is -2.11. The topological polar surface area (TPSA) is 42.1 Å². The van der Waals surface area contributed by atoms with E-state index in [-0.39, 0.29) is 5.97 Å². The first-order chi connectivity index (χ1) is 12.5. The smallest absolute Gasteiger partial charge is 0.308 e. The molecule has 1 heterocycles. The van der Waals surface area contributed by atoms with Crippen LogP contribution in [0.3, 0.4) is 0 Å². The average molecular weight is 473 g/mol. The molecule has 3 aromatic carbocycles. The van der Waals surface area contributed by atoms with E-state index in [2.05, 4.69) is 61.1 Å². The molecule has 0 amide bonds. The number of benzene rings is 3. The van der Waals surface area contributed by atoms with Crippen molar-refractivity contribution in [2.75, 3.05) is 0 Å². The largest absolute Gasteiger partial charge is 0.426 e. The molecule has 3 nitrogen and oxygen atoms in total. The zero-order valence-corrected chi connectivity index (χ0v) is 17.1. The van der Waals surface area contributed by atoms with Crippen molar-refractivity contribution >= 4 is 59.5 Å². The predicted molar refractivity (Wildman–Crippen MR) is 112 cm³/mol. The quantitative estimate of drug-likeness (QED) is 0.278. The summed E-state index contributed by atoms with van der Waals surface area (Å²) in [5, 5.41) is 3.34. The number of halogens is 2. The third-order valence-corrected chi connectivity index (χ3v) is 5.39. The number of H-pyrrole nitrogens is 1. The minimum Gasteiger partial charge on any atom is -0.426 e. The molecule has 26 heavy (non-hydrogen) atoms. The third kappa shape index (κ3) is 3.29. The summed E-state index contributed by atoms with van der Waals surface area (Å²) in [6.07, 6.45) is 2.68. The van der Waals surface area contributed by atoms with Crippen LogP contribution in [0.15, 0.2) is 63.7 Å². The van der Waals surface area contributed by atoms with Crippen molar-refractivity contribution in [1.29, 1.82) is 0 Å². The molecule has 4 rings (SSSR count). The Kier molecular flexibility index (Phi) is 4.59. The van der Waals surface area contributed by atoms with Gasteiger partial charge in [0.2, 0.25) is 0 Å². The van der Waals surface area contributed by atoms with E-state index in [1.807, 2.05) is 30.5 Å².